The van der Waals surface area contributed by atoms with E-state index in [2.05, 4.69) is 43.0 Å². The molecule has 0 saturated heterocycles. The zero-order valence-electron chi connectivity index (χ0n) is 9.48. The number of nitrogens with zero attached hydrogens (tertiary/aromatic N) is 1. The van der Waals surface area contributed by atoms with Crippen molar-refractivity contribution in [2.45, 2.75) is 0 Å². The van der Waals surface area contributed by atoms with E-state index in [0.717, 1.165) is 10.6 Å². The van der Waals surface area contributed by atoms with Crippen molar-refractivity contribution in [1.82, 2.24) is 4.57 Å². The second kappa shape index (κ2) is 4.23. The van der Waals surface area contributed by atoms with Gasteiger partial charge in [-0.1, -0.05) is 49.6 Å². The van der Waals surface area contributed by atoms with Crippen LogP contribution in [0.2, 0.25) is 0 Å². The highest BCUT2D eigenvalue weighted by Gasteiger charge is 2.00. The summed E-state index contributed by atoms with van der Waals surface area (Å²) in [6, 6.07) is 8.30. The number of benzene rings is 1. The lowest BCUT2D eigenvalue weighted by atomic mass is 10.2. The highest BCUT2D eigenvalue weighted by atomic mass is 14.9. The highest BCUT2D eigenvalue weighted by molar-refractivity contribution is 5.81. The number of hydrogen-bond acceptors (Lipinski definition) is 0. The quantitative estimate of drug-likeness (QED) is 0.668. The van der Waals surface area contributed by atoms with Gasteiger partial charge in [-0.2, -0.15) is 0 Å². The fraction of sp³-hybridized carbons (Fsp3) is 0.0667. The van der Waals surface area contributed by atoms with E-state index >= 15 is 0 Å². The molecule has 0 spiro atoms. The summed E-state index contributed by atoms with van der Waals surface area (Å²) in [6.07, 6.45) is 7.72. The Hall–Kier alpha value is -2.02. The summed E-state index contributed by atoms with van der Waals surface area (Å²) in [6.45, 7) is 7.79. The molecule has 2 aromatic rings. The van der Waals surface area contributed by atoms with Crippen LogP contribution < -0.4 is 10.6 Å². The number of aromatic nitrogens is 1. The molecule has 0 atom stereocenters. The number of fused-ring (bicyclic) bond motifs is 1. The fourth-order valence-corrected chi connectivity index (χ4v) is 1.93. The van der Waals surface area contributed by atoms with E-state index in [4.69, 9.17) is 0 Å². The zero-order valence-corrected chi connectivity index (χ0v) is 9.48. The van der Waals surface area contributed by atoms with Crippen LogP contribution in [-0.4, -0.2) is 4.57 Å². The monoisotopic (exact) mass is 209 g/mol. The van der Waals surface area contributed by atoms with Crippen molar-refractivity contribution in [2.24, 2.45) is 7.05 Å². The summed E-state index contributed by atoms with van der Waals surface area (Å²) >= 11 is 0. The fourth-order valence-electron chi connectivity index (χ4n) is 1.93. The Labute approximate surface area is 95.3 Å². The second-order valence-electron chi connectivity index (χ2n) is 3.73. The van der Waals surface area contributed by atoms with Crippen molar-refractivity contribution in [3.05, 3.63) is 59.6 Å². The summed E-state index contributed by atoms with van der Waals surface area (Å²) < 4.78 is 2.16. The van der Waals surface area contributed by atoms with E-state index in [0.29, 0.717) is 0 Å². The molecule has 2 rings (SSSR count). The molecular weight excluding hydrogens is 194 g/mol. The maximum Gasteiger partial charge on any atom is 0.0488 e. The molecule has 0 aliphatic heterocycles. The predicted molar refractivity (Wildman–Crippen MR) is 71.5 cm³/mol. The Morgan fingerprint density at radius 1 is 1.19 bits per heavy atom. The van der Waals surface area contributed by atoms with Crippen molar-refractivity contribution in [1.29, 1.82) is 0 Å². The summed E-state index contributed by atoms with van der Waals surface area (Å²) in [7, 11) is 2.06. The van der Waals surface area contributed by atoms with Gasteiger partial charge in [-0.3, -0.25) is 0 Å². The Bertz CT molecular complexity index is 657. The van der Waals surface area contributed by atoms with Crippen LogP contribution in [-0.2, 0) is 7.05 Å². The van der Waals surface area contributed by atoms with Gasteiger partial charge in [-0.05, 0) is 12.1 Å². The Balaban J connectivity index is 2.81. The molecule has 80 valence electrons. The summed E-state index contributed by atoms with van der Waals surface area (Å²) in [5.74, 6) is 0. The SMILES string of the molecule is C=C/C=C\C=c1/c(=C)c2ccccc2n1C. The average molecular weight is 209 g/mol. The molecule has 16 heavy (non-hydrogen) atoms. The van der Waals surface area contributed by atoms with Crippen LogP contribution >= 0.6 is 0 Å². The van der Waals surface area contributed by atoms with Crippen molar-refractivity contribution >= 4 is 23.6 Å². The summed E-state index contributed by atoms with van der Waals surface area (Å²) in [5, 5.41) is 3.43. The smallest absolute Gasteiger partial charge is 0.0488 e. The third-order valence-corrected chi connectivity index (χ3v) is 2.76. The van der Waals surface area contributed by atoms with Gasteiger partial charge >= 0.3 is 0 Å². The Kier molecular flexibility index (Phi) is 2.78. The first-order valence-electron chi connectivity index (χ1n) is 5.27. The molecule has 1 aromatic heterocycles. The van der Waals surface area contributed by atoms with Gasteiger partial charge in [-0.15, -0.1) is 0 Å². The topological polar surface area (TPSA) is 4.93 Å². The van der Waals surface area contributed by atoms with Gasteiger partial charge in [0, 0.05) is 28.5 Å². The minimum atomic E-state index is 1.08. The molecule has 0 saturated carbocycles. The van der Waals surface area contributed by atoms with Gasteiger partial charge in [0.1, 0.15) is 0 Å². The lowest BCUT2D eigenvalue weighted by Crippen LogP contribution is -2.25. The third kappa shape index (κ3) is 1.61. The van der Waals surface area contributed by atoms with Gasteiger partial charge in [0.05, 0.1) is 0 Å². The first-order chi connectivity index (χ1) is 7.75. The van der Waals surface area contributed by atoms with Crippen molar-refractivity contribution < 1.29 is 0 Å². The van der Waals surface area contributed by atoms with E-state index in [-0.39, 0.29) is 0 Å². The lowest BCUT2D eigenvalue weighted by Gasteiger charge is -1.94. The Morgan fingerprint density at radius 3 is 2.62 bits per heavy atom. The molecule has 0 N–H and O–H groups in total. The van der Waals surface area contributed by atoms with Crippen LogP contribution in [0.1, 0.15) is 0 Å². The largest absolute Gasteiger partial charge is 0.344 e. The summed E-state index contributed by atoms with van der Waals surface area (Å²) in [5.41, 5.74) is 1.21. The number of hydrogen-bond donors (Lipinski definition) is 0. The molecule has 1 heteroatoms. The molecule has 0 radical (unpaired) electrons. The molecule has 0 aliphatic carbocycles. The van der Waals surface area contributed by atoms with Crippen LogP contribution in [0, 0.1) is 0 Å². The van der Waals surface area contributed by atoms with Crippen LogP contribution in [0.5, 0.6) is 0 Å². The van der Waals surface area contributed by atoms with Crippen molar-refractivity contribution in [3.8, 4) is 0 Å². The summed E-state index contributed by atoms with van der Waals surface area (Å²) in [4.78, 5) is 0. The van der Waals surface area contributed by atoms with E-state index in [1.165, 1.54) is 10.9 Å². The zero-order chi connectivity index (χ0) is 11.5. The van der Waals surface area contributed by atoms with Crippen LogP contribution in [0.25, 0.3) is 23.6 Å². The maximum absolute atomic E-state index is 4.14. The van der Waals surface area contributed by atoms with Gasteiger partial charge < -0.3 is 4.57 Å². The minimum absolute atomic E-state index is 1.08. The van der Waals surface area contributed by atoms with E-state index in [1.54, 1.807) is 6.08 Å². The standard InChI is InChI=1S/C15H15N/c1-4-5-6-10-14-12(2)13-9-7-8-11-15(13)16(14)3/h4-11H,1-2H2,3H3/b6-5-,14-10+. The molecular formula is C15H15N. The van der Waals surface area contributed by atoms with E-state index in [9.17, 15) is 0 Å². The highest BCUT2D eigenvalue weighted by Crippen LogP contribution is 2.05. The lowest BCUT2D eigenvalue weighted by molar-refractivity contribution is 0.926. The second-order valence-corrected chi connectivity index (χ2v) is 3.73. The molecule has 1 aromatic carbocycles. The number of rotatable bonds is 2. The molecule has 0 amide bonds. The molecule has 1 heterocycles. The normalized spacial score (nSPS) is 12.7. The number of aryl methyl sites for hydroxylation is 1. The van der Waals surface area contributed by atoms with Gasteiger partial charge in [0.2, 0.25) is 0 Å². The molecule has 0 aliphatic rings. The van der Waals surface area contributed by atoms with Crippen LogP contribution in [0.3, 0.4) is 0 Å². The van der Waals surface area contributed by atoms with Gasteiger partial charge in [-0.25, -0.2) is 0 Å². The van der Waals surface area contributed by atoms with Crippen LogP contribution in [0.15, 0.2) is 49.1 Å². The van der Waals surface area contributed by atoms with E-state index < -0.39 is 0 Å². The molecule has 1 nitrogen and oxygen atoms in total. The van der Waals surface area contributed by atoms with Crippen LogP contribution in [0.4, 0.5) is 0 Å². The van der Waals surface area contributed by atoms with Crippen molar-refractivity contribution in [3.63, 3.8) is 0 Å². The van der Waals surface area contributed by atoms with Gasteiger partial charge in [0.25, 0.3) is 0 Å². The van der Waals surface area contributed by atoms with Gasteiger partial charge in [0.15, 0.2) is 0 Å². The Morgan fingerprint density at radius 2 is 1.94 bits per heavy atom. The number of para-hydroxylation sites is 1. The first-order valence-corrected chi connectivity index (χ1v) is 5.27. The third-order valence-electron chi connectivity index (χ3n) is 2.76. The number of allylic oxidation sites excluding steroid dienone is 3. The van der Waals surface area contributed by atoms with E-state index in [1.807, 2.05) is 24.3 Å². The predicted octanol–water partition coefficient (Wildman–Crippen LogP) is 2.11. The first kappa shape index (κ1) is 10.5. The molecule has 0 unspecified atom stereocenters. The van der Waals surface area contributed by atoms with Crippen molar-refractivity contribution in [2.75, 3.05) is 0 Å². The maximum atomic E-state index is 4.14. The molecule has 0 fully saturated rings. The molecule has 0 bridgehead atoms. The average Bonchev–Trinajstić information content (AvgIpc) is 2.55. The minimum Gasteiger partial charge on any atom is -0.344 e.